The zero-order valence-corrected chi connectivity index (χ0v) is 34.7. The molecule has 0 heterocycles. The van der Waals surface area contributed by atoms with E-state index in [0.717, 1.165) is 11.4 Å². The average molecular weight is 770 g/mol. The Labute approximate surface area is 354 Å². The van der Waals surface area contributed by atoms with Crippen molar-refractivity contribution in [2.45, 2.75) is 33.1 Å². The molecule has 1 heteroatoms. The highest BCUT2D eigenvalue weighted by molar-refractivity contribution is 5.98. The van der Waals surface area contributed by atoms with E-state index in [2.05, 4.69) is 245 Å². The van der Waals surface area contributed by atoms with E-state index in [-0.39, 0.29) is 5.41 Å². The van der Waals surface area contributed by atoms with Gasteiger partial charge in [-0.3, -0.25) is 0 Å². The van der Waals surface area contributed by atoms with Crippen LogP contribution in [0.2, 0.25) is 0 Å². The highest BCUT2D eigenvalue weighted by Crippen LogP contribution is 2.52. The van der Waals surface area contributed by atoms with Gasteiger partial charge in [0.2, 0.25) is 0 Å². The summed E-state index contributed by atoms with van der Waals surface area (Å²) in [5.74, 6) is 0. The van der Waals surface area contributed by atoms with Crippen molar-refractivity contribution < 1.29 is 0 Å². The molecule has 0 fully saturated rings. The fourth-order valence-electron chi connectivity index (χ4n) is 9.17. The van der Waals surface area contributed by atoms with Gasteiger partial charge in [0, 0.05) is 22.5 Å². The topological polar surface area (TPSA) is 3.24 Å². The molecule has 0 aliphatic heterocycles. The Morgan fingerprint density at radius 1 is 0.300 bits per heavy atom. The minimum Gasteiger partial charge on any atom is -0.310 e. The van der Waals surface area contributed by atoms with Crippen LogP contribution < -0.4 is 4.90 Å². The lowest BCUT2D eigenvalue weighted by Gasteiger charge is -2.28. The summed E-state index contributed by atoms with van der Waals surface area (Å²) in [4.78, 5) is 2.38. The molecular formula is C59H47N. The van der Waals surface area contributed by atoms with Crippen molar-refractivity contribution in [3.8, 4) is 66.8 Å². The van der Waals surface area contributed by atoms with Crippen LogP contribution in [0.15, 0.2) is 212 Å². The molecule has 0 spiro atoms. The molecule has 10 rings (SSSR count). The smallest absolute Gasteiger partial charge is 0.0465 e. The minimum absolute atomic E-state index is 0.192. The highest BCUT2D eigenvalue weighted by atomic mass is 15.1. The molecule has 0 atom stereocenters. The lowest BCUT2D eigenvalue weighted by Crippen LogP contribution is -2.16. The van der Waals surface area contributed by atoms with Crippen molar-refractivity contribution >= 4 is 17.1 Å². The Bertz CT molecular complexity index is 2870. The van der Waals surface area contributed by atoms with Gasteiger partial charge in [-0.1, -0.05) is 177 Å². The van der Waals surface area contributed by atoms with E-state index >= 15 is 0 Å². The zero-order chi connectivity index (χ0) is 40.8. The van der Waals surface area contributed by atoms with Crippen molar-refractivity contribution in [3.63, 3.8) is 0 Å². The van der Waals surface area contributed by atoms with Gasteiger partial charge in [0.05, 0.1) is 0 Å². The van der Waals surface area contributed by atoms with Gasteiger partial charge >= 0.3 is 0 Å². The van der Waals surface area contributed by atoms with Crippen LogP contribution in [-0.2, 0) is 5.41 Å². The third-order valence-corrected chi connectivity index (χ3v) is 12.4. The summed E-state index contributed by atoms with van der Waals surface area (Å²) in [6.07, 6.45) is 0. The normalized spacial score (nSPS) is 12.5. The van der Waals surface area contributed by atoms with Gasteiger partial charge in [0.25, 0.3) is 0 Å². The van der Waals surface area contributed by atoms with Crippen molar-refractivity contribution in [3.05, 3.63) is 235 Å². The van der Waals surface area contributed by atoms with Gasteiger partial charge < -0.3 is 4.90 Å². The molecule has 1 aliphatic rings. The van der Waals surface area contributed by atoms with Crippen LogP contribution >= 0.6 is 0 Å². The number of anilines is 3. The average Bonchev–Trinajstić information content (AvgIpc) is 3.52. The van der Waals surface area contributed by atoms with Crippen LogP contribution in [0.5, 0.6) is 0 Å². The van der Waals surface area contributed by atoms with E-state index in [0.29, 0.717) is 0 Å². The quantitative estimate of drug-likeness (QED) is 0.149. The molecule has 0 saturated carbocycles. The third kappa shape index (κ3) is 6.73. The second-order valence-electron chi connectivity index (χ2n) is 16.7. The Morgan fingerprint density at radius 3 is 1.25 bits per heavy atom. The summed E-state index contributed by atoms with van der Waals surface area (Å²) < 4.78 is 0. The molecule has 0 radical (unpaired) electrons. The first-order valence-corrected chi connectivity index (χ1v) is 21.0. The fourth-order valence-corrected chi connectivity index (χ4v) is 9.17. The molecule has 9 aromatic rings. The van der Waals surface area contributed by atoms with Gasteiger partial charge in [-0.05, 0) is 152 Å². The molecule has 0 N–H and O–H groups in total. The van der Waals surface area contributed by atoms with E-state index in [1.165, 1.54) is 94.7 Å². The van der Waals surface area contributed by atoms with E-state index in [4.69, 9.17) is 0 Å². The van der Waals surface area contributed by atoms with Crippen molar-refractivity contribution in [1.82, 2.24) is 0 Å². The van der Waals surface area contributed by atoms with E-state index in [1.54, 1.807) is 0 Å². The summed E-state index contributed by atoms with van der Waals surface area (Å²) >= 11 is 0. The first-order chi connectivity index (χ1) is 29.3. The molecular weight excluding hydrogens is 723 g/mol. The molecule has 0 unspecified atom stereocenters. The number of rotatable bonds is 8. The van der Waals surface area contributed by atoms with Crippen LogP contribution in [0.1, 0.15) is 36.1 Å². The lowest BCUT2D eigenvalue weighted by molar-refractivity contribution is 0.660. The van der Waals surface area contributed by atoms with Crippen molar-refractivity contribution in [2.24, 2.45) is 0 Å². The minimum atomic E-state index is -0.192. The molecule has 288 valence electrons. The van der Waals surface area contributed by atoms with Crippen LogP contribution in [-0.4, -0.2) is 0 Å². The number of aryl methyl sites for hydroxylation is 2. The maximum Gasteiger partial charge on any atom is 0.0465 e. The Balaban J connectivity index is 1.06. The fraction of sp³-hybridized carbons (Fsp3) is 0.0847. The van der Waals surface area contributed by atoms with E-state index in [1.807, 2.05) is 0 Å². The monoisotopic (exact) mass is 769 g/mol. The van der Waals surface area contributed by atoms with Gasteiger partial charge in [0.15, 0.2) is 0 Å². The van der Waals surface area contributed by atoms with Crippen molar-refractivity contribution in [2.75, 3.05) is 4.90 Å². The standard InChI is InChI=1S/C59H47N/c1-40-23-28-49(29-24-40)60(50-30-25-41(2)26-31-50)51-32-34-53-52-33-27-47(38-56(52)59(3,4)57(53)39-51)45-21-14-22-46(35-45)48-36-54(42-15-8-5-9-16-42)58(44-19-12-7-13-20-44)55(37-48)43-17-10-6-11-18-43/h5-39H,1-4H3. The van der Waals surface area contributed by atoms with Gasteiger partial charge in [0.1, 0.15) is 0 Å². The maximum absolute atomic E-state index is 2.44. The molecule has 0 aromatic heterocycles. The summed E-state index contributed by atoms with van der Waals surface area (Å²) in [7, 11) is 0. The zero-order valence-electron chi connectivity index (χ0n) is 34.7. The molecule has 1 nitrogen and oxygen atoms in total. The van der Waals surface area contributed by atoms with Crippen molar-refractivity contribution in [1.29, 1.82) is 0 Å². The van der Waals surface area contributed by atoms with Crippen LogP contribution in [0.4, 0.5) is 17.1 Å². The molecule has 1 aliphatic carbocycles. The summed E-state index contributed by atoms with van der Waals surface area (Å²) in [6.45, 7) is 9.06. The third-order valence-electron chi connectivity index (χ3n) is 12.4. The molecule has 60 heavy (non-hydrogen) atoms. The molecule has 0 amide bonds. The number of nitrogens with zero attached hydrogens (tertiary/aromatic N) is 1. The largest absolute Gasteiger partial charge is 0.310 e. The Kier molecular flexibility index (Phi) is 9.38. The first kappa shape index (κ1) is 37.1. The number of hydrogen-bond acceptors (Lipinski definition) is 1. The summed E-state index contributed by atoms with van der Waals surface area (Å²) in [6, 6.07) is 78.2. The predicted molar refractivity (Wildman–Crippen MR) is 255 cm³/mol. The summed E-state index contributed by atoms with van der Waals surface area (Å²) in [5.41, 5.74) is 23.3. The maximum atomic E-state index is 2.44. The lowest BCUT2D eigenvalue weighted by atomic mass is 9.81. The van der Waals surface area contributed by atoms with Crippen LogP contribution in [0.3, 0.4) is 0 Å². The van der Waals surface area contributed by atoms with Gasteiger partial charge in [-0.25, -0.2) is 0 Å². The SMILES string of the molecule is Cc1ccc(N(c2ccc(C)cc2)c2ccc3c(c2)C(C)(C)c2cc(-c4cccc(-c5cc(-c6ccccc6)c(-c6ccccc6)c(-c6ccccc6)c5)c4)ccc2-3)cc1. The second-order valence-corrected chi connectivity index (χ2v) is 16.7. The molecule has 9 aromatic carbocycles. The summed E-state index contributed by atoms with van der Waals surface area (Å²) in [5, 5.41) is 0. The number of benzene rings is 9. The second kappa shape index (κ2) is 15.2. The van der Waals surface area contributed by atoms with E-state index in [9.17, 15) is 0 Å². The first-order valence-electron chi connectivity index (χ1n) is 21.0. The molecule has 0 bridgehead atoms. The van der Waals surface area contributed by atoms with Gasteiger partial charge in [-0.2, -0.15) is 0 Å². The Hall–Kier alpha value is -7.22. The van der Waals surface area contributed by atoms with Gasteiger partial charge in [-0.15, -0.1) is 0 Å². The van der Waals surface area contributed by atoms with Crippen LogP contribution in [0.25, 0.3) is 66.8 Å². The molecule has 0 saturated heterocycles. The number of fused-ring (bicyclic) bond motifs is 3. The van der Waals surface area contributed by atoms with E-state index < -0.39 is 0 Å². The predicted octanol–water partition coefficient (Wildman–Crippen LogP) is 16.4. The highest BCUT2D eigenvalue weighted by Gasteiger charge is 2.36. The number of hydrogen-bond donors (Lipinski definition) is 0. The Morgan fingerprint density at radius 2 is 0.717 bits per heavy atom. The van der Waals surface area contributed by atoms with Crippen LogP contribution in [0, 0.1) is 13.8 Å².